The molecule has 0 aromatic rings. The normalized spacial score (nSPS) is 10.8. The topological polar surface area (TPSA) is 0 Å². The van der Waals surface area contributed by atoms with Crippen molar-refractivity contribution in [2.24, 2.45) is 5.92 Å². The molecular formula is C10H20. The van der Waals surface area contributed by atoms with Crippen molar-refractivity contribution in [2.75, 3.05) is 0 Å². The Labute approximate surface area is 65.7 Å². The van der Waals surface area contributed by atoms with Gasteiger partial charge in [0.05, 0.1) is 0 Å². The highest BCUT2D eigenvalue weighted by Crippen LogP contribution is 2.08. The molecule has 10 heavy (non-hydrogen) atoms. The molecule has 0 amide bonds. The van der Waals surface area contributed by atoms with Gasteiger partial charge in [0.15, 0.2) is 0 Å². The molecule has 0 nitrogen and oxygen atoms in total. The standard InChI is InChI=1S/C8H14.C2H6/c1-5-8(4)6-7(2)3;1-2/h5,8H,1-2,6H2,3-4H3;1-2H3. The minimum atomic E-state index is 0.590. The first kappa shape index (κ1) is 12.2. The minimum Gasteiger partial charge on any atom is -0.103 e. The summed E-state index contributed by atoms with van der Waals surface area (Å²) in [5.74, 6) is 0.590. The van der Waals surface area contributed by atoms with Crippen LogP contribution in [0.1, 0.15) is 34.1 Å². The van der Waals surface area contributed by atoms with Crippen molar-refractivity contribution < 1.29 is 0 Å². The SMILES string of the molecule is C=CC(C)CC(=C)C.CC. The van der Waals surface area contributed by atoms with Crippen molar-refractivity contribution in [3.63, 3.8) is 0 Å². The number of hydrogen-bond donors (Lipinski definition) is 0. The lowest BCUT2D eigenvalue weighted by atomic mass is 10.0. The second-order valence-corrected chi connectivity index (χ2v) is 2.37. The lowest BCUT2D eigenvalue weighted by molar-refractivity contribution is 0.720. The average molecular weight is 140 g/mol. The average Bonchev–Trinajstić information content (AvgIpc) is 1.91. The summed E-state index contributed by atoms with van der Waals surface area (Å²) in [7, 11) is 0. The Hall–Kier alpha value is -0.520. The van der Waals surface area contributed by atoms with Gasteiger partial charge >= 0.3 is 0 Å². The molecule has 0 aliphatic rings. The third kappa shape index (κ3) is 10.5. The van der Waals surface area contributed by atoms with E-state index in [4.69, 9.17) is 0 Å². The van der Waals surface area contributed by atoms with Crippen LogP contribution in [-0.4, -0.2) is 0 Å². The molecule has 0 radical (unpaired) electrons. The van der Waals surface area contributed by atoms with Crippen LogP contribution in [0.4, 0.5) is 0 Å². The van der Waals surface area contributed by atoms with Crippen LogP contribution < -0.4 is 0 Å². The Morgan fingerprint density at radius 2 is 1.90 bits per heavy atom. The molecule has 0 aliphatic heterocycles. The van der Waals surface area contributed by atoms with E-state index >= 15 is 0 Å². The molecule has 0 spiro atoms. The molecule has 0 saturated carbocycles. The van der Waals surface area contributed by atoms with Crippen LogP contribution in [0.3, 0.4) is 0 Å². The van der Waals surface area contributed by atoms with Gasteiger partial charge in [0.25, 0.3) is 0 Å². The molecule has 1 unspecified atom stereocenters. The first-order valence-electron chi connectivity index (χ1n) is 3.93. The van der Waals surface area contributed by atoms with E-state index in [9.17, 15) is 0 Å². The first-order valence-corrected chi connectivity index (χ1v) is 3.93. The Balaban J connectivity index is 0. The van der Waals surface area contributed by atoms with Gasteiger partial charge in [0.2, 0.25) is 0 Å². The smallest absolute Gasteiger partial charge is 0.0228 e. The molecule has 0 aromatic carbocycles. The Morgan fingerprint density at radius 1 is 1.50 bits per heavy atom. The maximum Gasteiger partial charge on any atom is -0.0228 e. The van der Waals surface area contributed by atoms with Crippen molar-refractivity contribution in [3.8, 4) is 0 Å². The quantitative estimate of drug-likeness (QED) is 0.523. The number of rotatable bonds is 3. The fourth-order valence-corrected chi connectivity index (χ4v) is 0.633. The maximum absolute atomic E-state index is 3.80. The Bertz CT molecular complexity index is 90.2. The molecule has 0 fully saturated rings. The van der Waals surface area contributed by atoms with Crippen LogP contribution in [0.5, 0.6) is 0 Å². The van der Waals surface area contributed by atoms with Gasteiger partial charge in [-0.25, -0.2) is 0 Å². The van der Waals surface area contributed by atoms with E-state index < -0.39 is 0 Å². The molecule has 0 N–H and O–H groups in total. The molecular weight excluding hydrogens is 120 g/mol. The Kier molecular flexibility index (Phi) is 10.3. The molecule has 0 rings (SSSR count). The van der Waals surface area contributed by atoms with Crippen LogP contribution in [0.25, 0.3) is 0 Å². The summed E-state index contributed by atoms with van der Waals surface area (Å²) in [5.41, 5.74) is 1.23. The summed E-state index contributed by atoms with van der Waals surface area (Å²) in [4.78, 5) is 0. The van der Waals surface area contributed by atoms with E-state index in [0.29, 0.717) is 5.92 Å². The molecule has 0 heteroatoms. The summed E-state index contributed by atoms with van der Waals surface area (Å²) >= 11 is 0. The van der Waals surface area contributed by atoms with Gasteiger partial charge in [-0.1, -0.05) is 32.4 Å². The van der Waals surface area contributed by atoms with E-state index in [1.54, 1.807) is 0 Å². The van der Waals surface area contributed by atoms with Gasteiger partial charge < -0.3 is 0 Å². The van der Waals surface area contributed by atoms with Crippen molar-refractivity contribution in [2.45, 2.75) is 34.1 Å². The summed E-state index contributed by atoms with van der Waals surface area (Å²) < 4.78 is 0. The van der Waals surface area contributed by atoms with Gasteiger partial charge in [0.1, 0.15) is 0 Å². The summed E-state index contributed by atoms with van der Waals surface area (Å²) in [6.45, 7) is 15.7. The monoisotopic (exact) mass is 140 g/mol. The summed E-state index contributed by atoms with van der Waals surface area (Å²) in [6.07, 6.45) is 3.03. The molecule has 0 aromatic heterocycles. The molecule has 1 atom stereocenters. The van der Waals surface area contributed by atoms with Crippen LogP contribution >= 0.6 is 0 Å². The van der Waals surface area contributed by atoms with Gasteiger partial charge in [0, 0.05) is 0 Å². The zero-order valence-electron chi connectivity index (χ0n) is 7.78. The van der Waals surface area contributed by atoms with Crippen LogP contribution in [0, 0.1) is 5.92 Å². The molecule has 60 valence electrons. The van der Waals surface area contributed by atoms with Crippen molar-refractivity contribution in [3.05, 3.63) is 24.8 Å². The summed E-state index contributed by atoms with van der Waals surface area (Å²) in [5, 5.41) is 0. The predicted octanol–water partition coefficient (Wildman–Crippen LogP) is 3.80. The van der Waals surface area contributed by atoms with Crippen LogP contribution in [-0.2, 0) is 0 Å². The molecule has 0 bridgehead atoms. The number of hydrogen-bond acceptors (Lipinski definition) is 0. The summed E-state index contributed by atoms with van der Waals surface area (Å²) in [6, 6.07) is 0. The second kappa shape index (κ2) is 8.48. The van der Waals surface area contributed by atoms with Crippen LogP contribution in [0.2, 0.25) is 0 Å². The molecule has 0 saturated heterocycles. The fourth-order valence-electron chi connectivity index (χ4n) is 0.633. The predicted molar refractivity (Wildman–Crippen MR) is 50.1 cm³/mol. The van der Waals surface area contributed by atoms with Gasteiger partial charge in [-0.2, -0.15) is 0 Å². The highest BCUT2D eigenvalue weighted by atomic mass is 14.0. The van der Waals surface area contributed by atoms with E-state index in [2.05, 4.69) is 20.1 Å². The lowest BCUT2D eigenvalue weighted by Crippen LogP contribution is -1.87. The van der Waals surface area contributed by atoms with Crippen LogP contribution in [0.15, 0.2) is 24.8 Å². The maximum atomic E-state index is 3.80. The third-order valence-electron chi connectivity index (χ3n) is 1.07. The van der Waals surface area contributed by atoms with Gasteiger partial charge in [-0.05, 0) is 19.3 Å². The fraction of sp³-hybridized carbons (Fsp3) is 0.600. The third-order valence-corrected chi connectivity index (χ3v) is 1.07. The largest absolute Gasteiger partial charge is 0.103 e. The van der Waals surface area contributed by atoms with E-state index in [-0.39, 0.29) is 0 Å². The first-order chi connectivity index (χ1) is 4.66. The van der Waals surface area contributed by atoms with E-state index in [1.807, 2.05) is 26.8 Å². The van der Waals surface area contributed by atoms with Gasteiger partial charge in [-0.15, -0.1) is 13.2 Å². The second-order valence-electron chi connectivity index (χ2n) is 2.37. The highest BCUT2D eigenvalue weighted by molar-refractivity contribution is 4.93. The van der Waals surface area contributed by atoms with E-state index in [1.165, 1.54) is 5.57 Å². The van der Waals surface area contributed by atoms with Gasteiger partial charge in [-0.3, -0.25) is 0 Å². The zero-order chi connectivity index (χ0) is 8.57. The Morgan fingerprint density at radius 3 is 2.00 bits per heavy atom. The van der Waals surface area contributed by atoms with E-state index in [0.717, 1.165) is 6.42 Å². The lowest BCUT2D eigenvalue weighted by Gasteiger charge is -2.01. The molecule has 0 heterocycles. The minimum absolute atomic E-state index is 0.590. The van der Waals surface area contributed by atoms with Crippen molar-refractivity contribution >= 4 is 0 Å². The highest BCUT2D eigenvalue weighted by Gasteiger charge is 1.93. The van der Waals surface area contributed by atoms with Crippen molar-refractivity contribution in [1.82, 2.24) is 0 Å². The number of allylic oxidation sites excluding steroid dienone is 2. The zero-order valence-corrected chi connectivity index (χ0v) is 7.78. The van der Waals surface area contributed by atoms with Crippen molar-refractivity contribution in [1.29, 1.82) is 0 Å². The molecule has 0 aliphatic carbocycles.